The molecule has 0 aromatic heterocycles. The van der Waals surface area contributed by atoms with Crippen LogP contribution in [0.4, 0.5) is 5.69 Å². The van der Waals surface area contributed by atoms with E-state index in [0.717, 1.165) is 42.7 Å². The fourth-order valence-corrected chi connectivity index (χ4v) is 6.51. The van der Waals surface area contributed by atoms with Gasteiger partial charge in [-0.25, -0.2) is 4.99 Å². The molecule has 5 bridgehead atoms. The summed E-state index contributed by atoms with van der Waals surface area (Å²) >= 11 is 0. The van der Waals surface area contributed by atoms with Crippen molar-refractivity contribution in [2.45, 2.75) is 37.3 Å². The van der Waals surface area contributed by atoms with Crippen LogP contribution in [0.25, 0.3) is 0 Å². The van der Waals surface area contributed by atoms with Crippen LogP contribution in [0.15, 0.2) is 28.8 Å². The topological polar surface area (TPSA) is 43.3 Å². The number of ether oxygens (including phenoxy) is 3. The van der Waals surface area contributed by atoms with Crippen molar-refractivity contribution in [3.05, 3.63) is 29.3 Å². The molecular formula is C21H24N2O3. The molecule has 1 aromatic carbocycles. The van der Waals surface area contributed by atoms with E-state index in [1.165, 1.54) is 12.0 Å². The Labute approximate surface area is 153 Å². The quantitative estimate of drug-likeness (QED) is 0.768. The molecule has 0 amide bonds. The largest absolute Gasteiger partial charge is 0.497 e. The molecule has 0 radical (unpaired) electrons. The van der Waals surface area contributed by atoms with Gasteiger partial charge in [0.2, 0.25) is 5.90 Å². The highest BCUT2D eigenvalue weighted by atomic mass is 16.5. The second-order valence-electron chi connectivity index (χ2n) is 8.25. The van der Waals surface area contributed by atoms with Crippen molar-refractivity contribution in [2.75, 3.05) is 27.4 Å². The van der Waals surface area contributed by atoms with Crippen molar-refractivity contribution in [1.29, 1.82) is 0 Å². The molecule has 0 saturated carbocycles. The van der Waals surface area contributed by atoms with Gasteiger partial charge in [-0.05, 0) is 31.7 Å². The van der Waals surface area contributed by atoms with E-state index < -0.39 is 0 Å². The van der Waals surface area contributed by atoms with Gasteiger partial charge in [0, 0.05) is 36.2 Å². The maximum absolute atomic E-state index is 6.39. The van der Waals surface area contributed by atoms with E-state index in [4.69, 9.17) is 19.2 Å². The van der Waals surface area contributed by atoms with E-state index in [-0.39, 0.29) is 5.41 Å². The molecule has 6 aliphatic heterocycles. The van der Waals surface area contributed by atoms with Crippen LogP contribution < -0.4 is 9.47 Å². The number of piperidine rings is 3. The first kappa shape index (κ1) is 15.1. The Morgan fingerprint density at radius 2 is 2.19 bits per heavy atom. The van der Waals surface area contributed by atoms with Crippen LogP contribution in [-0.4, -0.2) is 50.3 Å². The zero-order chi connectivity index (χ0) is 17.6. The average Bonchev–Trinajstić information content (AvgIpc) is 3.04. The van der Waals surface area contributed by atoms with E-state index in [1.807, 2.05) is 6.07 Å². The van der Waals surface area contributed by atoms with Gasteiger partial charge in [0.15, 0.2) is 0 Å². The summed E-state index contributed by atoms with van der Waals surface area (Å²) in [7, 11) is 3.42. The van der Waals surface area contributed by atoms with E-state index in [1.54, 1.807) is 19.8 Å². The molecule has 6 heterocycles. The molecule has 5 fully saturated rings. The molecule has 6 atom stereocenters. The van der Waals surface area contributed by atoms with E-state index >= 15 is 0 Å². The van der Waals surface area contributed by atoms with Crippen LogP contribution in [0.3, 0.4) is 0 Å². The predicted molar refractivity (Wildman–Crippen MR) is 98.5 cm³/mol. The highest BCUT2D eigenvalue weighted by Gasteiger charge is 2.69. The average molecular weight is 352 g/mol. The molecule has 26 heavy (non-hydrogen) atoms. The summed E-state index contributed by atoms with van der Waals surface area (Å²) in [6, 6.07) is 5.16. The second-order valence-corrected chi connectivity index (χ2v) is 8.25. The smallest absolute Gasteiger partial charge is 0.201 e. The van der Waals surface area contributed by atoms with Gasteiger partial charge in [0.1, 0.15) is 17.2 Å². The summed E-state index contributed by atoms with van der Waals surface area (Å²) in [6.45, 7) is 4.08. The van der Waals surface area contributed by atoms with Gasteiger partial charge in [-0.2, -0.15) is 0 Å². The summed E-state index contributed by atoms with van der Waals surface area (Å²) in [5.41, 5.74) is 3.65. The third-order valence-corrected chi connectivity index (χ3v) is 7.62. The zero-order valence-corrected chi connectivity index (χ0v) is 15.5. The minimum atomic E-state index is -0.134. The van der Waals surface area contributed by atoms with Crippen LogP contribution in [0.2, 0.25) is 0 Å². The normalized spacial score (nSPS) is 42.2. The molecule has 5 heteroatoms. The Hall–Kier alpha value is -2.01. The molecular weight excluding hydrogens is 328 g/mol. The van der Waals surface area contributed by atoms with Crippen LogP contribution in [0, 0.1) is 11.8 Å². The Balaban J connectivity index is 1.58. The lowest BCUT2D eigenvalue weighted by atomic mass is 9.68. The molecule has 136 valence electrons. The lowest BCUT2D eigenvalue weighted by Crippen LogP contribution is -2.61. The van der Waals surface area contributed by atoms with Gasteiger partial charge in [-0.1, -0.05) is 11.6 Å². The van der Waals surface area contributed by atoms with E-state index in [2.05, 4.69) is 24.0 Å². The molecule has 5 nitrogen and oxygen atoms in total. The van der Waals surface area contributed by atoms with Gasteiger partial charge in [0.25, 0.3) is 0 Å². The third kappa shape index (κ3) is 1.51. The second kappa shape index (κ2) is 4.83. The molecule has 7 rings (SSSR count). The number of hydrogen-bond donors (Lipinski definition) is 0. The number of aliphatic imine (C=N–C) groups is 1. The molecule has 6 aliphatic rings. The Morgan fingerprint density at radius 1 is 1.31 bits per heavy atom. The number of rotatable bonds is 2. The van der Waals surface area contributed by atoms with Crippen LogP contribution >= 0.6 is 0 Å². The van der Waals surface area contributed by atoms with Gasteiger partial charge >= 0.3 is 0 Å². The van der Waals surface area contributed by atoms with Crippen molar-refractivity contribution in [1.82, 2.24) is 4.90 Å². The number of fused-ring (bicyclic) bond motifs is 2. The van der Waals surface area contributed by atoms with Gasteiger partial charge in [-0.15, -0.1) is 0 Å². The minimum absolute atomic E-state index is 0.134. The van der Waals surface area contributed by atoms with Crippen LogP contribution in [0.5, 0.6) is 11.5 Å². The van der Waals surface area contributed by atoms with E-state index in [0.29, 0.717) is 23.9 Å². The monoisotopic (exact) mass is 352 g/mol. The number of nitrogens with zero attached hydrogens (tertiary/aromatic N) is 2. The summed E-state index contributed by atoms with van der Waals surface area (Å²) in [4.78, 5) is 7.71. The maximum Gasteiger partial charge on any atom is 0.201 e. The molecule has 5 saturated heterocycles. The number of methoxy groups -OCH3 is 2. The first-order chi connectivity index (χ1) is 12.7. The van der Waals surface area contributed by atoms with Gasteiger partial charge in [0.05, 0.1) is 26.2 Å². The van der Waals surface area contributed by atoms with Crippen molar-refractivity contribution < 1.29 is 14.2 Å². The Kier molecular flexibility index (Phi) is 2.80. The number of allylic oxidation sites excluding steroid dienone is 1. The Bertz CT molecular complexity index is 876. The lowest BCUT2D eigenvalue weighted by molar-refractivity contribution is -0.0150. The highest BCUT2D eigenvalue weighted by molar-refractivity contribution is 6.00. The summed E-state index contributed by atoms with van der Waals surface area (Å²) in [5.74, 6) is 3.79. The molecule has 0 N–H and O–H groups in total. The summed E-state index contributed by atoms with van der Waals surface area (Å²) < 4.78 is 17.6. The first-order valence-corrected chi connectivity index (χ1v) is 9.60. The fourth-order valence-electron chi connectivity index (χ4n) is 6.51. The van der Waals surface area contributed by atoms with Crippen molar-refractivity contribution in [3.63, 3.8) is 0 Å². The van der Waals surface area contributed by atoms with Crippen LogP contribution in [0.1, 0.15) is 25.3 Å². The van der Waals surface area contributed by atoms with E-state index in [9.17, 15) is 0 Å². The molecule has 1 spiro atoms. The first-order valence-electron chi connectivity index (χ1n) is 9.60. The van der Waals surface area contributed by atoms with Crippen molar-refractivity contribution >= 4 is 11.6 Å². The summed E-state index contributed by atoms with van der Waals surface area (Å²) in [5, 5.41) is 0. The van der Waals surface area contributed by atoms with Gasteiger partial charge < -0.3 is 14.2 Å². The fraction of sp³-hybridized carbons (Fsp3) is 0.571. The predicted octanol–water partition coefficient (Wildman–Crippen LogP) is 3.05. The zero-order valence-electron chi connectivity index (χ0n) is 15.5. The van der Waals surface area contributed by atoms with Gasteiger partial charge in [-0.3, -0.25) is 4.90 Å². The van der Waals surface area contributed by atoms with Crippen molar-refractivity contribution in [3.8, 4) is 11.5 Å². The molecule has 1 aromatic rings. The SMILES string of the molecule is C/C=C1/CN2[C@H]3C[C@H]1C1COC4=Nc5c(OC)cc(OC)cc5[C@]43C[C@@H]12. The number of hydrogen-bond acceptors (Lipinski definition) is 5. The maximum atomic E-state index is 6.39. The highest BCUT2D eigenvalue weighted by Crippen LogP contribution is 2.64. The molecule has 0 aliphatic carbocycles. The van der Waals surface area contributed by atoms with Crippen LogP contribution in [-0.2, 0) is 10.2 Å². The minimum Gasteiger partial charge on any atom is -0.497 e. The van der Waals surface area contributed by atoms with Crippen molar-refractivity contribution in [2.24, 2.45) is 16.8 Å². The molecule has 2 unspecified atom stereocenters. The summed E-state index contributed by atoms with van der Waals surface area (Å²) in [6.07, 6.45) is 4.65. The number of benzene rings is 1. The Morgan fingerprint density at radius 3 is 2.96 bits per heavy atom. The lowest BCUT2D eigenvalue weighted by Gasteiger charge is -2.54. The third-order valence-electron chi connectivity index (χ3n) is 7.62. The standard InChI is InChI=1S/C21H24N2O3/c1-4-11-9-23-16-8-21-15-5-12(24-2)6-17(25-3)19(15)22-20(21)26-10-14(16)13(11)7-18(21)23/h4-6,13-14,16,18H,7-10H2,1-3H3/b11-4-/t13-,14?,16+,18+,21+/m1/s1.